The van der Waals surface area contributed by atoms with E-state index in [2.05, 4.69) is 4.98 Å². The first-order valence-electron chi connectivity index (χ1n) is 5.76. The highest BCUT2D eigenvalue weighted by molar-refractivity contribution is 7.91. The van der Waals surface area contributed by atoms with E-state index in [1.807, 2.05) is 0 Å². The number of pyridine rings is 1. The van der Waals surface area contributed by atoms with Crippen molar-refractivity contribution in [2.75, 3.05) is 28.7 Å². The standard InChI is InChI=1S/C11H15N3O4S/c1-7-6-19(17,18)3-2-14(7)10-9(11(15)16)4-8(12)5-13-10/h4-5,7H,2-3,6,12H2,1H3,(H,15,16). The summed E-state index contributed by atoms with van der Waals surface area (Å²) in [6.07, 6.45) is 1.37. The molecular formula is C11H15N3O4S. The number of rotatable bonds is 2. The van der Waals surface area contributed by atoms with Crippen molar-refractivity contribution in [3.05, 3.63) is 17.8 Å². The number of hydrogen-bond donors (Lipinski definition) is 2. The second-order valence-electron chi connectivity index (χ2n) is 4.60. The van der Waals surface area contributed by atoms with E-state index in [1.54, 1.807) is 11.8 Å². The van der Waals surface area contributed by atoms with E-state index in [1.165, 1.54) is 12.3 Å². The Kier molecular flexibility index (Phi) is 3.36. The van der Waals surface area contributed by atoms with Crippen molar-refractivity contribution in [2.45, 2.75) is 13.0 Å². The molecule has 0 amide bonds. The summed E-state index contributed by atoms with van der Waals surface area (Å²) >= 11 is 0. The Balaban J connectivity index is 2.40. The molecule has 1 fully saturated rings. The van der Waals surface area contributed by atoms with Gasteiger partial charge in [-0.1, -0.05) is 0 Å². The predicted octanol–water partition coefficient (Wildman–Crippen LogP) is -0.0147. The van der Waals surface area contributed by atoms with Gasteiger partial charge >= 0.3 is 5.97 Å². The second kappa shape index (κ2) is 4.69. The molecule has 2 heterocycles. The number of hydrogen-bond acceptors (Lipinski definition) is 6. The highest BCUT2D eigenvalue weighted by atomic mass is 32.2. The van der Waals surface area contributed by atoms with Gasteiger partial charge in [-0.2, -0.15) is 0 Å². The van der Waals surface area contributed by atoms with Gasteiger partial charge in [-0.15, -0.1) is 0 Å². The molecule has 0 bridgehead atoms. The quantitative estimate of drug-likeness (QED) is 0.785. The summed E-state index contributed by atoms with van der Waals surface area (Å²) in [5.41, 5.74) is 5.79. The normalized spacial score (nSPS) is 22.2. The van der Waals surface area contributed by atoms with Crippen LogP contribution in [-0.2, 0) is 9.84 Å². The SMILES string of the molecule is CC1CS(=O)(=O)CCN1c1ncc(N)cc1C(=O)O. The lowest BCUT2D eigenvalue weighted by molar-refractivity contribution is 0.0697. The zero-order chi connectivity index (χ0) is 14.2. The summed E-state index contributed by atoms with van der Waals surface area (Å²) < 4.78 is 23.1. The number of carboxylic acids is 1. The third kappa shape index (κ3) is 2.78. The number of carboxylic acid groups (broad SMARTS) is 1. The Morgan fingerprint density at radius 2 is 2.26 bits per heavy atom. The number of nitrogen functional groups attached to an aromatic ring is 1. The van der Waals surface area contributed by atoms with E-state index in [0.717, 1.165) is 0 Å². The average molecular weight is 285 g/mol. The van der Waals surface area contributed by atoms with Crippen LogP contribution >= 0.6 is 0 Å². The molecule has 1 saturated heterocycles. The molecule has 1 unspecified atom stereocenters. The van der Waals surface area contributed by atoms with Gasteiger partial charge in [0, 0.05) is 12.6 Å². The van der Waals surface area contributed by atoms with Crippen LogP contribution in [0.4, 0.5) is 11.5 Å². The fourth-order valence-corrected chi connectivity index (χ4v) is 3.73. The van der Waals surface area contributed by atoms with Crippen molar-refractivity contribution >= 4 is 27.3 Å². The molecule has 2 rings (SSSR count). The number of nitrogens with two attached hydrogens (primary N) is 1. The van der Waals surface area contributed by atoms with Crippen LogP contribution < -0.4 is 10.6 Å². The third-order valence-electron chi connectivity index (χ3n) is 3.06. The van der Waals surface area contributed by atoms with Crippen LogP contribution in [0.2, 0.25) is 0 Å². The molecule has 1 aliphatic heterocycles. The molecule has 0 spiro atoms. The molecule has 1 aromatic heterocycles. The largest absolute Gasteiger partial charge is 0.478 e. The van der Waals surface area contributed by atoms with Crippen molar-refractivity contribution in [1.29, 1.82) is 0 Å². The van der Waals surface area contributed by atoms with E-state index in [0.29, 0.717) is 0 Å². The lowest BCUT2D eigenvalue weighted by atomic mass is 10.2. The predicted molar refractivity (Wildman–Crippen MR) is 71.1 cm³/mol. The summed E-state index contributed by atoms with van der Waals surface area (Å²) in [4.78, 5) is 17.0. The second-order valence-corrected chi connectivity index (χ2v) is 6.83. The zero-order valence-electron chi connectivity index (χ0n) is 10.4. The molecule has 8 heteroatoms. The molecule has 19 heavy (non-hydrogen) atoms. The summed E-state index contributed by atoms with van der Waals surface area (Å²) in [5.74, 6) is -0.861. The number of anilines is 2. The molecule has 104 valence electrons. The molecule has 3 N–H and O–H groups in total. The van der Waals surface area contributed by atoms with Crippen molar-refractivity contribution < 1.29 is 18.3 Å². The first kappa shape index (κ1) is 13.6. The first-order chi connectivity index (χ1) is 8.80. The van der Waals surface area contributed by atoms with Crippen molar-refractivity contribution in [3.63, 3.8) is 0 Å². The van der Waals surface area contributed by atoms with Gasteiger partial charge in [0.05, 0.1) is 23.4 Å². The lowest BCUT2D eigenvalue weighted by Gasteiger charge is -2.34. The smallest absolute Gasteiger partial charge is 0.339 e. The molecule has 0 aromatic carbocycles. The third-order valence-corrected chi connectivity index (χ3v) is 4.86. The van der Waals surface area contributed by atoms with Crippen LogP contribution in [0.5, 0.6) is 0 Å². The van der Waals surface area contributed by atoms with Crippen molar-refractivity contribution in [3.8, 4) is 0 Å². The van der Waals surface area contributed by atoms with Gasteiger partial charge in [0.1, 0.15) is 11.4 Å². The number of aromatic carboxylic acids is 1. The molecule has 0 radical (unpaired) electrons. The maximum atomic E-state index is 11.5. The van der Waals surface area contributed by atoms with E-state index in [9.17, 15) is 13.2 Å². The average Bonchev–Trinajstić information content (AvgIpc) is 2.28. The molecular weight excluding hydrogens is 270 g/mol. The molecule has 0 saturated carbocycles. The van der Waals surface area contributed by atoms with Crippen LogP contribution in [-0.4, -0.2) is 48.6 Å². The Labute approximate surface area is 111 Å². The van der Waals surface area contributed by atoms with E-state index < -0.39 is 15.8 Å². The zero-order valence-corrected chi connectivity index (χ0v) is 11.2. The van der Waals surface area contributed by atoms with Crippen LogP contribution in [0, 0.1) is 0 Å². The van der Waals surface area contributed by atoms with Crippen LogP contribution in [0.25, 0.3) is 0 Å². The monoisotopic (exact) mass is 285 g/mol. The Bertz CT molecular complexity index is 614. The minimum atomic E-state index is -3.06. The lowest BCUT2D eigenvalue weighted by Crippen LogP contribution is -2.47. The Morgan fingerprint density at radius 3 is 2.84 bits per heavy atom. The van der Waals surface area contributed by atoms with Crippen LogP contribution in [0.1, 0.15) is 17.3 Å². The molecule has 7 nitrogen and oxygen atoms in total. The van der Waals surface area contributed by atoms with Gasteiger partial charge in [0.25, 0.3) is 0 Å². The maximum absolute atomic E-state index is 11.5. The molecule has 0 aliphatic carbocycles. The number of aromatic nitrogens is 1. The summed E-state index contributed by atoms with van der Waals surface area (Å²) in [5, 5.41) is 9.17. The van der Waals surface area contributed by atoms with Gasteiger partial charge in [0.15, 0.2) is 9.84 Å². The topological polar surface area (TPSA) is 114 Å². The number of carbonyl (C=O) groups is 1. The van der Waals surface area contributed by atoms with Gasteiger partial charge < -0.3 is 15.7 Å². The van der Waals surface area contributed by atoms with E-state index in [-0.39, 0.29) is 41.2 Å². The summed E-state index contributed by atoms with van der Waals surface area (Å²) in [6.45, 7) is 1.97. The Hall–Kier alpha value is -1.83. The minimum absolute atomic E-state index is 0.00187. The number of nitrogens with zero attached hydrogens (tertiary/aromatic N) is 2. The van der Waals surface area contributed by atoms with Gasteiger partial charge in [0.2, 0.25) is 0 Å². The highest BCUT2D eigenvalue weighted by Crippen LogP contribution is 2.24. The fraction of sp³-hybridized carbons (Fsp3) is 0.455. The molecule has 1 aromatic rings. The fourth-order valence-electron chi connectivity index (χ4n) is 2.17. The van der Waals surface area contributed by atoms with E-state index >= 15 is 0 Å². The molecule has 1 atom stereocenters. The van der Waals surface area contributed by atoms with E-state index in [4.69, 9.17) is 10.8 Å². The summed E-state index contributed by atoms with van der Waals surface area (Å²) in [7, 11) is -3.06. The van der Waals surface area contributed by atoms with Crippen LogP contribution in [0.3, 0.4) is 0 Å². The maximum Gasteiger partial charge on any atom is 0.339 e. The highest BCUT2D eigenvalue weighted by Gasteiger charge is 2.31. The summed E-state index contributed by atoms with van der Waals surface area (Å²) in [6, 6.07) is 1.02. The number of sulfone groups is 1. The van der Waals surface area contributed by atoms with Crippen LogP contribution in [0.15, 0.2) is 12.3 Å². The van der Waals surface area contributed by atoms with Gasteiger partial charge in [-0.25, -0.2) is 18.2 Å². The van der Waals surface area contributed by atoms with Crippen molar-refractivity contribution in [1.82, 2.24) is 4.98 Å². The first-order valence-corrected chi connectivity index (χ1v) is 7.58. The van der Waals surface area contributed by atoms with Gasteiger partial charge in [-0.05, 0) is 13.0 Å². The Morgan fingerprint density at radius 1 is 1.58 bits per heavy atom. The van der Waals surface area contributed by atoms with Crippen molar-refractivity contribution in [2.24, 2.45) is 0 Å². The molecule has 1 aliphatic rings. The minimum Gasteiger partial charge on any atom is -0.478 e. The van der Waals surface area contributed by atoms with Gasteiger partial charge in [-0.3, -0.25) is 0 Å².